The third-order valence-electron chi connectivity index (χ3n) is 6.01. The first-order chi connectivity index (χ1) is 14.8. The zero-order chi connectivity index (χ0) is 22.9. The molecule has 2 aliphatic carbocycles. The van der Waals surface area contributed by atoms with Crippen molar-refractivity contribution in [3.8, 4) is 0 Å². The molecule has 1 heteroatoms. The highest BCUT2D eigenvalue weighted by molar-refractivity contribution is 5.69. The Morgan fingerprint density at radius 1 is 1.13 bits per heavy atom. The van der Waals surface area contributed by atoms with E-state index in [-0.39, 0.29) is 5.41 Å². The van der Waals surface area contributed by atoms with E-state index in [9.17, 15) is 0 Å². The Balaban J connectivity index is 0.00000107. The third kappa shape index (κ3) is 6.52. The minimum absolute atomic E-state index is 0.0358. The molecule has 0 amide bonds. The van der Waals surface area contributed by atoms with Gasteiger partial charge in [0.15, 0.2) is 0 Å². The largest absolute Gasteiger partial charge is 0.304 e. The highest BCUT2D eigenvalue weighted by Gasteiger charge is 2.25. The second kappa shape index (κ2) is 11.5. The van der Waals surface area contributed by atoms with E-state index in [1.54, 1.807) is 0 Å². The molecule has 0 fully saturated rings. The van der Waals surface area contributed by atoms with Gasteiger partial charge in [0, 0.05) is 5.41 Å². The van der Waals surface area contributed by atoms with Crippen LogP contribution in [-0.2, 0) is 4.79 Å². The molecule has 0 saturated carbocycles. The Kier molecular flexibility index (Phi) is 9.00. The number of hydrogen-bond donors (Lipinski definition) is 0. The average Bonchev–Trinajstić information content (AvgIpc) is 3.01. The van der Waals surface area contributed by atoms with E-state index in [0.29, 0.717) is 0 Å². The maximum Gasteiger partial charge on any atom is 0.116 e. The van der Waals surface area contributed by atoms with Crippen molar-refractivity contribution in [3.05, 3.63) is 113 Å². The molecule has 1 atom stereocenters. The lowest BCUT2D eigenvalue weighted by Crippen LogP contribution is -2.17. The predicted octanol–water partition coefficient (Wildman–Crippen LogP) is 8.28. The average molecular weight is 413 g/mol. The second-order valence-corrected chi connectivity index (χ2v) is 8.42. The van der Waals surface area contributed by atoms with Crippen LogP contribution < -0.4 is 0 Å². The highest BCUT2D eigenvalue weighted by Crippen LogP contribution is 2.39. The molecule has 31 heavy (non-hydrogen) atoms. The fourth-order valence-electron chi connectivity index (χ4n) is 3.89. The van der Waals surface area contributed by atoms with E-state index in [0.717, 1.165) is 25.5 Å². The SMILES string of the molecule is C=C(/C=C(/C)c1ccccc1C)C1(C)C=CC(C2=C/C(=C/C)CCC=C2)=CC1.CC=O. The van der Waals surface area contributed by atoms with E-state index < -0.39 is 0 Å². The van der Waals surface area contributed by atoms with Crippen molar-refractivity contribution in [1.29, 1.82) is 0 Å². The summed E-state index contributed by atoms with van der Waals surface area (Å²) >= 11 is 0. The van der Waals surface area contributed by atoms with Gasteiger partial charge in [-0.2, -0.15) is 0 Å². The number of carbonyl (C=O) groups excluding carboxylic acids is 1. The molecule has 1 aromatic carbocycles. The minimum atomic E-state index is -0.0358. The third-order valence-corrected chi connectivity index (χ3v) is 6.01. The summed E-state index contributed by atoms with van der Waals surface area (Å²) in [5.74, 6) is 0. The molecule has 1 nitrogen and oxygen atoms in total. The first kappa shape index (κ1) is 24.3. The first-order valence-corrected chi connectivity index (χ1v) is 11.1. The summed E-state index contributed by atoms with van der Waals surface area (Å²) in [5, 5.41) is 0. The molecule has 0 radical (unpaired) electrons. The quantitative estimate of drug-likeness (QED) is 0.359. The van der Waals surface area contributed by atoms with Crippen LogP contribution in [0.15, 0.2) is 102 Å². The van der Waals surface area contributed by atoms with Gasteiger partial charge in [-0.1, -0.05) is 91.9 Å². The van der Waals surface area contributed by atoms with Crippen LogP contribution in [0, 0.1) is 12.3 Å². The summed E-state index contributed by atoms with van der Waals surface area (Å²) in [6.07, 6.45) is 22.3. The Labute approximate surface area is 189 Å². The molecule has 0 spiro atoms. The van der Waals surface area contributed by atoms with Crippen LogP contribution in [0.2, 0.25) is 0 Å². The monoisotopic (exact) mass is 412 g/mol. The van der Waals surface area contributed by atoms with Crippen LogP contribution in [0.25, 0.3) is 5.57 Å². The molecule has 3 rings (SSSR count). The van der Waals surface area contributed by atoms with Gasteiger partial charge in [0.1, 0.15) is 6.29 Å². The number of aldehydes is 1. The van der Waals surface area contributed by atoms with Crippen molar-refractivity contribution < 1.29 is 4.79 Å². The van der Waals surface area contributed by atoms with E-state index in [2.05, 4.69) is 107 Å². The Morgan fingerprint density at radius 2 is 1.84 bits per heavy atom. The molecule has 0 aliphatic heterocycles. The van der Waals surface area contributed by atoms with Crippen molar-refractivity contribution in [2.24, 2.45) is 5.41 Å². The van der Waals surface area contributed by atoms with Gasteiger partial charge in [-0.05, 0) is 80.4 Å². The number of aryl methyl sites for hydroxylation is 1. The summed E-state index contributed by atoms with van der Waals surface area (Å²) in [4.78, 5) is 8.81. The normalized spacial score (nSPS) is 22.1. The predicted molar refractivity (Wildman–Crippen MR) is 136 cm³/mol. The molecule has 1 unspecified atom stereocenters. The van der Waals surface area contributed by atoms with E-state index in [4.69, 9.17) is 4.79 Å². The van der Waals surface area contributed by atoms with Gasteiger partial charge in [0.05, 0.1) is 0 Å². The molecule has 0 aromatic heterocycles. The van der Waals surface area contributed by atoms with Crippen LogP contribution in [0.3, 0.4) is 0 Å². The van der Waals surface area contributed by atoms with Crippen LogP contribution in [0.4, 0.5) is 0 Å². The summed E-state index contributed by atoms with van der Waals surface area (Å²) in [6.45, 7) is 14.6. The van der Waals surface area contributed by atoms with Crippen molar-refractivity contribution in [3.63, 3.8) is 0 Å². The number of hydrogen-bond acceptors (Lipinski definition) is 1. The fraction of sp³-hybridized carbons (Fsp3) is 0.300. The summed E-state index contributed by atoms with van der Waals surface area (Å²) in [5.41, 5.74) is 9.08. The van der Waals surface area contributed by atoms with E-state index in [1.807, 2.05) is 0 Å². The molecule has 1 aromatic rings. The van der Waals surface area contributed by atoms with Gasteiger partial charge in [-0.3, -0.25) is 0 Å². The summed E-state index contributed by atoms with van der Waals surface area (Å²) in [6, 6.07) is 8.55. The van der Waals surface area contributed by atoms with Gasteiger partial charge in [0.2, 0.25) is 0 Å². The highest BCUT2D eigenvalue weighted by atomic mass is 16.1. The van der Waals surface area contributed by atoms with Crippen molar-refractivity contribution in [2.45, 2.75) is 53.9 Å². The van der Waals surface area contributed by atoms with Crippen LogP contribution in [0.1, 0.15) is 58.1 Å². The fourth-order valence-corrected chi connectivity index (χ4v) is 3.89. The van der Waals surface area contributed by atoms with Crippen molar-refractivity contribution >= 4 is 11.9 Å². The van der Waals surface area contributed by atoms with Gasteiger partial charge in [-0.25, -0.2) is 0 Å². The number of carbonyl (C=O) groups is 1. The summed E-state index contributed by atoms with van der Waals surface area (Å²) in [7, 11) is 0. The topological polar surface area (TPSA) is 17.1 Å². The molecule has 0 saturated heterocycles. The lowest BCUT2D eigenvalue weighted by molar-refractivity contribution is -0.106. The molecule has 0 bridgehead atoms. The van der Waals surface area contributed by atoms with Gasteiger partial charge < -0.3 is 4.79 Å². The van der Waals surface area contributed by atoms with Crippen LogP contribution in [0.5, 0.6) is 0 Å². The minimum Gasteiger partial charge on any atom is -0.304 e. The van der Waals surface area contributed by atoms with Gasteiger partial charge in [-0.15, -0.1) is 0 Å². The molecule has 0 heterocycles. The molecular weight excluding hydrogens is 376 g/mol. The maximum atomic E-state index is 8.81. The lowest BCUT2D eigenvalue weighted by Gasteiger charge is -2.30. The zero-order valence-electron chi connectivity index (χ0n) is 19.7. The molecule has 2 aliphatic rings. The summed E-state index contributed by atoms with van der Waals surface area (Å²) < 4.78 is 0. The van der Waals surface area contributed by atoms with Crippen molar-refractivity contribution in [2.75, 3.05) is 0 Å². The van der Waals surface area contributed by atoms with Crippen LogP contribution >= 0.6 is 0 Å². The number of benzene rings is 1. The molecule has 0 N–H and O–H groups in total. The first-order valence-electron chi connectivity index (χ1n) is 11.1. The Morgan fingerprint density at radius 3 is 2.45 bits per heavy atom. The van der Waals surface area contributed by atoms with Gasteiger partial charge >= 0.3 is 0 Å². The van der Waals surface area contributed by atoms with Crippen molar-refractivity contribution in [1.82, 2.24) is 0 Å². The smallest absolute Gasteiger partial charge is 0.116 e. The number of allylic oxidation sites excluding steroid dienone is 13. The van der Waals surface area contributed by atoms with E-state index >= 15 is 0 Å². The maximum absolute atomic E-state index is 8.81. The van der Waals surface area contributed by atoms with Crippen LogP contribution in [-0.4, -0.2) is 6.29 Å². The Bertz CT molecular complexity index is 991. The standard InChI is InChI=1S/C28H32.C2H4O/c1-6-24-12-8-9-13-26(20-24)25-15-17-28(5,18-16-25)23(4)19-22(3)27-14-10-7-11-21(27)2;1-2-3/h6-7,9-11,13-17,19-20H,4,8,12,18H2,1-3,5H3;2H,1H3/b22-19-,24-6+;. The molecular formula is C30H36O. The second-order valence-electron chi connectivity index (χ2n) is 8.42. The van der Waals surface area contributed by atoms with Gasteiger partial charge in [0.25, 0.3) is 0 Å². The molecule has 162 valence electrons. The lowest BCUT2D eigenvalue weighted by atomic mass is 9.74. The zero-order valence-corrected chi connectivity index (χ0v) is 19.7. The number of rotatable bonds is 4. The van der Waals surface area contributed by atoms with E-state index in [1.165, 1.54) is 45.9 Å². The Hall–Kier alpha value is -2.93.